The third kappa shape index (κ3) is 3.44. The van der Waals surface area contributed by atoms with Crippen LogP contribution in [-0.4, -0.2) is 28.1 Å². The highest BCUT2D eigenvalue weighted by Crippen LogP contribution is 2.32. The Kier molecular flexibility index (Phi) is 3.83. The van der Waals surface area contributed by atoms with Crippen molar-refractivity contribution in [1.82, 2.24) is 5.32 Å². The SMILES string of the molecule is O=C(Nc1cccc([N+](=O)[O-])c1)NC(C(=O)O)C1CC1. The fourth-order valence-electron chi connectivity index (χ4n) is 1.82. The lowest BCUT2D eigenvalue weighted by Gasteiger charge is -2.14. The molecule has 1 saturated carbocycles. The molecule has 0 radical (unpaired) electrons. The molecule has 0 aliphatic heterocycles. The van der Waals surface area contributed by atoms with Crippen molar-refractivity contribution in [2.45, 2.75) is 18.9 Å². The van der Waals surface area contributed by atoms with Gasteiger partial charge < -0.3 is 15.7 Å². The number of carbonyl (C=O) groups excluding carboxylic acids is 1. The molecule has 3 N–H and O–H groups in total. The molecule has 1 atom stereocenters. The van der Waals surface area contributed by atoms with Gasteiger partial charge in [-0.2, -0.15) is 0 Å². The van der Waals surface area contributed by atoms with E-state index in [1.165, 1.54) is 24.3 Å². The van der Waals surface area contributed by atoms with Crippen LogP contribution in [0.4, 0.5) is 16.2 Å². The molecule has 0 aromatic heterocycles. The standard InChI is InChI=1S/C12H13N3O5/c16-11(17)10(7-4-5-7)14-12(18)13-8-2-1-3-9(6-8)15(19)20/h1-3,6-7,10H,4-5H2,(H,16,17)(H2,13,14,18). The smallest absolute Gasteiger partial charge is 0.326 e. The Balaban J connectivity index is 1.98. The summed E-state index contributed by atoms with van der Waals surface area (Å²) in [6.45, 7) is 0. The number of hydrogen-bond donors (Lipinski definition) is 3. The van der Waals surface area contributed by atoms with E-state index in [1.807, 2.05) is 0 Å². The number of nitrogens with zero attached hydrogens (tertiary/aromatic N) is 1. The molecule has 0 bridgehead atoms. The number of carbonyl (C=O) groups is 2. The van der Waals surface area contributed by atoms with Gasteiger partial charge in [0, 0.05) is 17.8 Å². The summed E-state index contributed by atoms with van der Waals surface area (Å²) in [7, 11) is 0. The molecule has 1 unspecified atom stereocenters. The summed E-state index contributed by atoms with van der Waals surface area (Å²) in [5.41, 5.74) is 0.0800. The highest BCUT2D eigenvalue weighted by atomic mass is 16.6. The first-order chi connectivity index (χ1) is 9.47. The minimum absolute atomic E-state index is 0.0386. The van der Waals surface area contributed by atoms with Crippen LogP contribution in [0.15, 0.2) is 24.3 Å². The number of anilines is 1. The monoisotopic (exact) mass is 279 g/mol. The maximum atomic E-state index is 11.7. The molecule has 0 saturated heterocycles. The number of hydrogen-bond acceptors (Lipinski definition) is 4. The van der Waals surface area contributed by atoms with Crippen molar-refractivity contribution in [3.05, 3.63) is 34.4 Å². The molecule has 1 aliphatic rings. The number of rotatable bonds is 5. The average Bonchev–Trinajstić information content (AvgIpc) is 3.20. The van der Waals surface area contributed by atoms with Crippen molar-refractivity contribution < 1.29 is 19.6 Å². The van der Waals surface area contributed by atoms with Crippen LogP contribution in [0.25, 0.3) is 0 Å². The zero-order chi connectivity index (χ0) is 14.7. The molecule has 2 amide bonds. The van der Waals surface area contributed by atoms with Crippen LogP contribution >= 0.6 is 0 Å². The number of benzene rings is 1. The van der Waals surface area contributed by atoms with E-state index in [2.05, 4.69) is 10.6 Å². The van der Waals surface area contributed by atoms with E-state index >= 15 is 0 Å². The van der Waals surface area contributed by atoms with Crippen LogP contribution in [0, 0.1) is 16.0 Å². The van der Waals surface area contributed by atoms with E-state index in [9.17, 15) is 19.7 Å². The van der Waals surface area contributed by atoms with Gasteiger partial charge in [-0.15, -0.1) is 0 Å². The number of carboxylic acids is 1. The van der Waals surface area contributed by atoms with E-state index in [4.69, 9.17) is 5.11 Å². The molecule has 2 rings (SSSR count). The number of carboxylic acid groups (broad SMARTS) is 1. The molecule has 106 valence electrons. The second-order valence-corrected chi connectivity index (χ2v) is 4.56. The topological polar surface area (TPSA) is 122 Å². The minimum Gasteiger partial charge on any atom is -0.480 e. The lowest BCUT2D eigenvalue weighted by Crippen LogP contribution is -2.44. The van der Waals surface area contributed by atoms with Crippen LogP contribution < -0.4 is 10.6 Å². The van der Waals surface area contributed by atoms with Crippen LogP contribution in [0.3, 0.4) is 0 Å². The Hall–Kier alpha value is -2.64. The molecule has 20 heavy (non-hydrogen) atoms. The lowest BCUT2D eigenvalue weighted by molar-refractivity contribution is -0.384. The molecule has 8 nitrogen and oxygen atoms in total. The maximum absolute atomic E-state index is 11.7. The molecule has 8 heteroatoms. The van der Waals surface area contributed by atoms with Gasteiger partial charge in [-0.05, 0) is 24.8 Å². The van der Waals surface area contributed by atoms with Gasteiger partial charge in [0.05, 0.1) is 4.92 Å². The number of amides is 2. The van der Waals surface area contributed by atoms with Crippen LogP contribution in [0.5, 0.6) is 0 Å². The van der Waals surface area contributed by atoms with Crippen molar-refractivity contribution in [2.75, 3.05) is 5.32 Å². The van der Waals surface area contributed by atoms with Crippen molar-refractivity contribution in [3.8, 4) is 0 Å². The van der Waals surface area contributed by atoms with Gasteiger partial charge in [0.2, 0.25) is 0 Å². The van der Waals surface area contributed by atoms with E-state index in [0.29, 0.717) is 0 Å². The second-order valence-electron chi connectivity index (χ2n) is 4.56. The quantitative estimate of drug-likeness (QED) is 0.558. The van der Waals surface area contributed by atoms with E-state index < -0.39 is 23.0 Å². The summed E-state index contributed by atoms with van der Waals surface area (Å²) in [6.07, 6.45) is 1.54. The second kappa shape index (κ2) is 5.55. The first kappa shape index (κ1) is 13.8. The molecule has 0 spiro atoms. The molecular weight excluding hydrogens is 266 g/mol. The van der Waals surface area contributed by atoms with Gasteiger partial charge >= 0.3 is 12.0 Å². The van der Waals surface area contributed by atoms with E-state index in [1.54, 1.807) is 0 Å². The lowest BCUT2D eigenvalue weighted by atomic mass is 10.2. The molecule has 0 heterocycles. The van der Waals surface area contributed by atoms with Gasteiger partial charge in [-0.25, -0.2) is 9.59 Å². The zero-order valence-corrected chi connectivity index (χ0v) is 10.4. The Morgan fingerprint density at radius 1 is 1.40 bits per heavy atom. The number of nitrogens with one attached hydrogen (secondary N) is 2. The molecule has 1 aromatic carbocycles. The Morgan fingerprint density at radius 3 is 2.65 bits per heavy atom. The predicted molar refractivity (Wildman–Crippen MR) is 69.4 cm³/mol. The highest BCUT2D eigenvalue weighted by molar-refractivity contribution is 5.92. The highest BCUT2D eigenvalue weighted by Gasteiger charge is 2.37. The summed E-state index contributed by atoms with van der Waals surface area (Å²) in [4.78, 5) is 32.7. The Bertz CT molecular complexity index is 556. The summed E-state index contributed by atoms with van der Waals surface area (Å²) >= 11 is 0. The van der Waals surface area contributed by atoms with Gasteiger partial charge in [0.15, 0.2) is 0 Å². The normalized spacial score (nSPS) is 15.2. The summed E-state index contributed by atoms with van der Waals surface area (Å²) in [6, 6.07) is 3.81. The van der Waals surface area contributed by atoms with Crippen molar-refractivity contribution in [3.63, 3.8) is 0 Å². The Morgan fingerprint density at radius 2 is 2.10 bits per heavy atom. The van der Waals surface area contributed by atoms with Crippen LogP contribution in [0.2, 0.25) is 0 Å². The van der Waals surface area contributed by atoms with Crippen molar-refractivity contribution in [2.24, 2.45) is 5.92 Å². The minimum atomic E-state index is -1.08. The maximum Gasteiger partial charge on any atom is 0.326 e. The number of nitro groups is 1. The zero-order valence-electron chi connectivity index (χ0n) is 10.4. The first-order valence-corrected chi connectivity index (χ1v) is 6.02. The number of non-ortho nitro benzene ring substituents is 1. The van der Waals surface area contributed by atoms with E-state index in [-0.39, 0.29) is 17.3 Å². The molecule has 1 aromatic rings. The molecule has 1 fully saturated rings. The number of aliphatic carboxylic acids is 1. The third-order valence-corrected chi connectivity index (χ3v) is 2.96. The number of nitro benzene ring substituents is 1. The van der Waals surface area contributed by atoms with Gasteiger partial charge in [0.1, 0.15) is 6.04 Å². The van der Waals surface area contributed by atoms with Crippen molar-refractivity contribution >= 4 is 23.4 Å². The van der Waals surface area contributed by atoms with E-state index in [0.717, 1.165) is 12.8 Å². The van der Waals surface area contributed by atoms with Crippen LogP contribution in [0.1, 0.15) is 12.8 Å². The predicted octanol–water partition coefficient (Wildman–Crippen LogP) is 1.58. The van der Waals surface area contributed by atoms with Gasteiger partial charge in [-0.3, -0.25) is 10.1 Å². The number of urea groups is 1. The third-order valence-electron chi connectivity index (χ3n) is 2.96. The fraction of sp³-hybridized carbons (Fsp3) is 0.333. The van der Waals surface area contributed by atoms with Crippen molar-refractivity contribution in [1.29, 1.82) is 0 Å². The van der Waals surface area contributed by atoms with Crippen LogP contribution in [-0.2, 0) is 4.79 Å². The Labute approximate surface area is 113 Å². The summed E-state index contributed by atoms with van der Waals surface area (Å²) in [5, 5.41) is 24.3. The summed E-state index contributed by atoms with van der Waals surface area (Å²) < 4.78 is 0. The van der Waals surface area contributed by atoms with Gasteiger partial charge in [-0.1, -0.05) is 6.07 Å². The first-order valence-electron chi connectivity index (χ1n) is 6.02. The molecule has 1 aliphatic carbocycles. The average molecular weight is 279 g/mol. The fourth-order valence-corrected chi connectivity index (χ4v) is 1.82. The largest absolute Gasteiger partial charge is 0.480 e. The van der Waals surface area contributed by atoms with Gasteiger partial charge in [0.25, 0.3) is 5.69 Å². The molecular formula is C12H13N3O5. The summed E-state index contributed by atoms with van der Waals surface area (Å²) in [5.74, 6) is -1.12.